The van der Waals surface area contributed by atoms with Crippen molar-refractivity contribution < 1.29 is 49.3 Å². The molecule has 258 valence electrons. The lowest BCUT2D eigenvalue weighted by molar-refractivity contribution is -0.266. The summed E-state index contributed by atoms with van der Waals surface area (Å²) in [6.07, 6.45) is -6.71. The number of halogens is 1. The molecule has 3 unspecified atom stereocenters. The van der Waals surface area contributed by atoms with Crippen LogP contribution in [0.15, 0.2) is 54.6 Å². The molecule has 5 atom stereocenters. The number of rotatable bonds is 16. The summed E-state index contributed by atoms with van der Waals surface area (Å²) in [6, 6.07) is 17.4. The van der Waals surface area contributed by atoms with Crippen LogP contribution in [0.2, 0.25) is 0 Å². The van der Waals surface area contributed by atoms with Gasteiger partial charge in [-0.25, -0.2) is 9.07 Å². The van der Waals surface area contributed by atoms with Crippen LogP contribution >= 0.6 is 0 Å². The zero-order valence-corrected chi connectivity index (χ0v) is 26.7. The molecule has 0 aliphatic carbocycles. The first kappa shape index (κ1) is 36.4. The van der Waals surface area contributed by atoms with Crippen molar-refractivity contribution in [3.8, 4) is 5.88 Å². The molecule has 1 saturated heterocycles. The van der Waals surface area contributed by atoms with E-state index < -0.39 is 62.7 Å². The number of nitrogens with one attached hydrogen (secondary N) is 1. The molecule has 1 aliphatic rings. The molecule has 1 aromatic heterocycles. The molecule has 1 aliphatic heterocycles. The van der Waals surface area contributed by atoms with E-state index in [0.29, 0.717) is 31.7 Å². The average Bonchev–Trinajstić information content (AvgIpc) is 3.41. The first-order chi connectivity index (χ1) is 22.5. The molecule has 1 fully saturated rings. The zero-order valence-electron chi connectivity index (χ0n) is 26.7. The number of aliphatic hydroxyl groups excluding tert-OH is 6. The van der Waals surface area contributed by atoms with Gasteiger partial charge >= 0.3 is 0 Å². The summed E-state index contributed by atoms with van der Waals surface area (Å²) in [5.41, 5.74) is 2.89. The number of carbonyl (C=O) groups excluding carboxylic acids is 1. The fourth-order valence-electron chi connectivity index (χ4n) is 5.48. The molecule has 2 aromatic carbocycles. The van der Waals surface area contributed by atoms with Gasteiger partial charge in [0, 0.05) is 18.4 Å². The van der Waals surface area contributed by atoms with E-state index in [1.165, 1.54) is 0 Å². The lowest BCUT2D eigenvalue weighted by Gasteiger charge is -2.38. The number of ether oxygens (including phenoxy) is 2. The number of benzene rings is 2. The molecule has 0 bridgehead atoms. The van der Waals surface area contributed by atoms with Crippen LogP contribution < -0.4 is 10.1 Å². The van der Waals surface area contributed by atoms with Crippen molar-refractivity contribution in [2.75, 3.05) is 26.4 Å². The van der Waals surface area contributed by atoms with Crippen LogP contribution in [0, 0.1) is 0 Å². The van der Waals surface area contributed by atoms with Gasteiger partial charge in [0.15, 0.2) is 6.17 Å². The van der Waals surface area contributed by atoms with E-state index in [9.17, 15) is 39.8 Å². The maximum absolute atomic E-state index is 14.5. The lowest BCUT2D eigenvalue weighted by Crippen LogP contribution is -2.58. The van der Waals surface area contributed by atoms with Crippen molar-refractivity contribution in [3.05, 3.63) is 82.5 Å². The van der Waals surface area contributed by atoms with Crippen LogP contribution in [0.4, 0.5) is 4.39 Å². The van der Waals surface area contributed by atoms with E-state index >= 15 is 0 Å². The maximum Gasteiger partial charge on any atom is 0.231 e. The van der Waals surface area contributed by atoms with Gasteiger partial charge in [-0.3, -0.25) is 4.79 Å². The molecule has 0 radical (unpaired) electrons. The van der Waals surface area contributed by atoms with Crippen molar-refractivity contribution in [1.82, 2.24) is 15.1 Å². The van der Waals surface area contributed by atoms with Crippen LogP contribution in [-0.4, -0.2) is 109 Å². The van der Waals surface area contributed by atoms with Gasteiger partial charge in [0.1, 0.15) is 23.9 Å². The molecule has 2 heterocycles. The second-order valence-electron chi connectivity index (χ2n) is 12.4. The minimum Gasteiger partial charge on any atom is -0.445 e. The summed E-state index contributed by atoms with van der Waals surface area (Å²) in [6.45, 7) is 1.88. The molecular weight excluding hydrogens is 613 g/mol. The van der Waals surface area contributed by atoms with Crippen molar-refractivity contribution in [2.24, 2.45) is 0 Å². The number of carbonyl (C=O) groups is 1. The Morgan fingerprint density at radius 1 is 0.979 bits per heavy atom. The smallest absolute Gasteiger partial charge is 0.231 e. The molecule has 0 spiro atoms. The van der Waals surface area contributed by atoms with E-state index in [4.69, 9.17) is 14.6 Å². The predicted molar refractivity (Wildman–Crippen MR) is 169 cm³/mol. The summed E-state index contributed by atoms with van der Waals surface area (Å²) in [4.78, 5) is 12.3. The van der Waals surface area contributed by atoms with Gasteiger partial charge in [-0.05, 0) is 35.4 Å². The van der Waals surface area contributed by atoms with Crippen molar-refractivity contribution >= 4 is 5.91 Å². The molecule has 3 aromatic rings. The van der Waals surface area contributed by atoms with Crippen LogP contribution in [0.25, 0.3) is 0 Å². The number of hydrogen-bond acceptors (Lipinski definition) is 10. The fourth-order valence-corrected chi connectivity index (χ4v) is 5.48. The molecule has 7 N–H and O–H groups in total. The van der Waals surface area contributed by atoms with Gasteiger partial charge in [-0.1, -0.05) is 68.4 Å². The molecule has 13 heteroatoms. The Morgan fingerprint density at radius 2 is 1.62 bits per heavy atom. The van der Waals surface area contributed by atoms with E-state index in [2.05, 4.69) is 5.32 Å². The van der Waals surface area contributed by atoms with E-state index in [1.807, 2.05) is 68.4 Å². The third-order valence-electron chi connectivity index (χ3n) is 8.36. The summed E-state index contributed by atoms with van der Waals surface area (Å²) >= 11 is 0. The highest BCUT2D eigenvalue weighted by Gasteiger charge is 2.46. The summed E-state index contributed by atoms with van der Waals surface area (Å²) in [5, 5.41) is 66.3. The highest BCUT2D eigenvalue weighted by Crippen LogP contribution is 2.34. The second kappa shape index (κ2) is 16.6. The Kier molecular flexibility index (Phi) is 12.9. The summed E-state index contributed by atoms with van der Waals surface area (Å²) in [7, 11) is 0. The normalized spacial score (nSPS) is 21.6. The Labute approximate surface area is 273 Å². The molecule has 47 heavy (non-hydrogen) atoms. The lowest BCUT2D eigenvalue weighted by atomic mass is 9.97. The number of aryl methyl sites for hydroxylation is 1. The Morgan fingerprint density at radius 3 is 2.21 bits per heavy atom. The van der Waals surface area contributed by atoms with Crippen molar-refractivity contribution in [1.29, 1.82) is 0 Å². The predicted octanol–water partition coefficient (Wildman–Crippen LogP) is 0.956. The average molecular weight is 660 g/mol. The van der Waals surface area contributed by atoms with Gasteiger partial charge in [0.25, 0.3) is 0 Å². The van der Waals surface area contributed by atoms with Gasteiger partial charge in [0.05, 0.1) is 38.7 Å². The minimum absolute atomic E-state index is 0.0146. The number of amides is 1. The summed E-state index contributed by atoms with van der Waals surface area (Å²) < 4.78 is 27.9. The summed E-state index contributed by atoms with van der Waals surface area (Å²) in [5.74, 6) is -0.103. The van der Waals surface area contributed by atoms with Crippen LogP contribution in [0.3, 0.4) is 0 Å². The van der Waals surface area contributed by atoms with Gasteiger partial charge in [-0.2, -0.15) is 5.10 Å². The number of aromatic nitrogens is 2. The Balaban J connectivity index is 1.54. The molecule has 4 rings (SSSR count). The minimum atomic E-state index is -1.99. The maximum atomic E-state index is 14.5. The number of nitrogens with zero attached hydrogens (tertiary/aromatic N) is 2. The first-order valence-corrected chi connectivity index (χ1v) is 15.8. The fraction of sp³-hybridized carbons (Fsp3) is 0.529. The monoisotopic (exact) mass is 659 g/mol. The van der Waals surface area contributed by atoms with Crippen LogP contribution in [0.1, 0.15) is 60.6 Å². The van der Waals surface area contributed by atoms with Gasteiger partial charge < -0.3 is 45.4 Å². The highest BCUT2D eigenvalue weighted by molar-refractivity contribution is 5.76. The van der Waals surface area contributed by atoms with Gasteiger partial charge in [0.2, 0.25) is 18.1 Å². The third-order valence-corrected chi connectivity index (χ3v) is 8.36. The third kappa shape index (κ3) is 8.93. The first-order valence-electron chi connectivity index (χ1n) is 15.8. The van der Waals surface area contributed by atoms with E-state index in [0.717, 1.165) is 27.9 Å². The Bertz CT molecular complexity index is 1410. The van der Waals surface area contributed by atoms with Crippen LogP contribution in [0.5, 0.6) is 5.88 Å². The SMILES string of the molecule is CC(C)c1nn(Cc2ccccc2)c(OC2OC(CO)[C@@H](F)C(O)[C@H]2O)c1Cc1ccc(CCCC(=O)NC(CO)(CO)CO)cc1. The van der Waals surface area contributed by atoms with Crippen molar-refractivity contribution in [3.63, 3.8) is 0 Å². The molecule has 1 amide bonds. The van der Waals surface area contributed by atoms with Gasteiger partial charge in [-0.15, -0.1) is 0 Å². The molecular formula is C34H46FN3O9. The number of aliphatic hydroxyl groups is 6. The zero-order chi connectivity index (χ0) is 34.1. The molecule has 12 nitrogen and oxygen atoms in total. The topological polar surface area (TPSA) is 187 Å². The second-order valence-corrected chi connectivity index (χ2v) is 12.4. The quantitative estimate of drug-likeness (QED) is 0.117. The Hall–Kier alpha value is -3.43. The van der Waals surface area contributed by atoms with E-state index in [-0.39, 0.29) is 18.2 Å². The highest BCUT2D eigenvalue weighted by atomic mass is 19.1. The van der Waals surface area contributed by atoms with E-state index in [1.54, 1.807) is 4.68 Å². The number of alkyl halides is 1. The van der Waals surface area contributed by atoms with Crippen molar-refractivity contribution in [2.45, 2.75) is 88.3 Å². The number of hydrogen-bond donors (Lipinski definition) is 7. The molecule has 0 saturated carbocycles. The standard InChI is InChI=1S/C34H46FN3O9/c1-21(2)29-25(15-23-13-11-22(12-14-23)9-6-10-27(43)36-34(18-40,19-41)20-42)32(38(37-29)16-24-7-4-3-5-8-24)47-33-31(45)30(44)28(35)26(17-39)46-33/h3-5,7-8,11-14,21,26,28,30-31,33,39-42,44-45H,6,9-10,15-20H2,1-2H3,(H,36,43)/t26?,28-,30?,31-,33?/m1/s1. The largest absolute Gasteiger partial charge is 0.445 e. The van der Waals surface area contributed by atoms with Crippen LogP contribution in [-0.2, 0) is 28.9 Å².